The molecule has 3 amide bonds. The van der Waals surface area contributed by atoms with Gasteiger partial charge in [-0.05, 0) is 115 Å². The van der Waals surface area contributed by atoms with E-state index in [1.165, 1.54) is 51.4 Å². The van der Waals surface area contributed by atoms with Crippen molar-refractivity contribution in [1.82, 2.24) is 16.1 Å². The molecule has 8 unspecified atom stereocenters. The summed E-state index contributed by atoms with van der Waals surface area (Å²) in [6.07, 6.45) is 12.2. The van der Waals surface area contributed by atoms with Gasteiger partial charge in [0, 0.05) is 18.5 Å². The molecule has 0 radical (unpaired) electrons. The molecule has 4 aliphatic carbocycles. The molecule has 232 valence electrons. The van der Waals surface area contributed by atoms with Crippen LogP contribution in [0.4, 0.5) is 0 Å². The minimum absolute atomic E-state index is 0.0673. The average molecular weight is 582 g/mol. The van der Waals surface area contributed by atoms with Gasteiger partial charge in [0.25, 0.3) is 5.91 Å². The van der Waals surface area contributed by atoms with E-state index in [0.717, 1.165) is 18.4 Å². The maximum absolute atomic E-state index is 12.7. The number of fused-ring (bicyclic) bond motifs is 5. The molecule has 42 heavy (non-hydrogen) atoms. The molecule has 4 fully saturated rings. The van der Waals surface area contributed by atoms with Crippen LogP contribution in [0, 0.1) is 46.3 Å². The van der Waals surface area contributed by atoms with E-state index in [2.05, 4.69) is 31.4 Å². The summed E-state index contributed by atoms with van der Waals surface area (Å²) >= 11 is 0. The third-order valence-corrected chi connectivity index (χ3v) is 12.4. The van der Waals surface area contributed by atoms with Gasteiger partial charge in [-0.3, -0.25) is 19.6 Å². The minimum atomic E-state index is -0.591. The van der Waals surface area contributed by atoms with Crippen LogP contribution in [0.5, 0.6) is 0 Å². The van der Waals surface area contributed by atoms with Crippen LogP contribution in [0.15, 0.2) is 24.3 Å². The Morgan fingerprint density at radius 3 is 2.40 bits per heavy atom. The molecule has 8 heteroatoms. The number of rotatable bonds is 9. The van der Waals surface area contributed by atoms with Gasteiger partial charge < -0.3 is 15.7 Å². The van der Waals surface area contributed by atoms with Crippen molar-refractivity contribution in [1.29, 1.82) is 0 Å². The molecule has 0 spiro atoms. The molecule has 4 aliphatic rings. The lowest BCUT2D eigenvalue weighted by Crippen LogP contribution is -2.57. The largest absolute Gasteiger partial charge is 0.393 e. The smallest absolute Gasteiger partial charge is 0.274 e. The Morgan fingerprint density at radius 1 is 0.929 bits per heavy atom. The Hall–Kier alpha value is -2.45. The Bertz CT molecular complexity index is 1140. The number of hydrogen-bond acceptors (Lipinski definition) is 5. The Labute approximate surface area is 250 Å². The van der Waals surface area contributed by atoms with Gasteiger partial charge in [-0.2, -0.15) is 0 Å². The molecular formula is C34H51N3O5. The van der Waals surface area contributed by atoms with Crippen LogP contribution in [-0.4, -0.2) is 40.7 Å². The summed E-state index contributed by atoms with van der Waals surface area (Å²) in [5, 5.41) is 25.7. The van der Waals surface area contributed by atoms with Crippen molar-refractivity contribution in [2.24, 2.45) is 46.3 Å². The van der Waals surface area contributed by atoms with Crippen molar-refractivity contribution in [2.45, 2.75) is 104 Å². The highest BCUT2D eigenvalue weighted by Gasteiger charge is 2.62. The summed E-state index contributed by atoms with van der Waals surface area (Å²) in [4.78, 5) is 36.4. The molecule has 4 saturated carbocycles. The zero-order valence-corrected chi connectivity index (χ0v) is 25.7. The molecule has 0 aliphatic heterocycles. The van der Waals surface area contributed by atoms with Crippen molar-refractivity contribution >= 4 is 17.7 Å². The Morgan fingerprint density at radius 2 is 1.67 bits per heavy atom. The number of carbonyl (C=O) groups is 3. The third kappa shape index (κ3) is 5.99. The third-order valence-electron chi connectivity index (χ3n) is 12.4. The van der Waals surface area contributed by atoms with Crippen molar-refractivity contribution in [3.05, 3.63) is 35.4 Å². The van der Waals surface area contributed by atoms with Crippen LogP contribution in [0.3, 0.4) is 0 Å². The van der Waals surface area contributed by atoms with Gasteiger partial charge >= 0.3 is 0 Å². The summed E-state index contributed by atoms with van der Waals surface area (Å²) in [7, 11) is 0. The summed E-state index contributed by atoms with van der Waals surface area (Å²) < 4.78 is 0. The number of amides is 3. The second kappa shape index (κ2) is 12.7. The van der Waals surface area contributed by atoms with Gasteiger partial charge in [0.05, 0.1) is 12.6 Å². The molecule has 9 atom stereocenters. The SMILES string of the molecule is C[C@H](CCC(=O)NCC(=O)NCc1ccc(C(=O)NO)cc1)C1CCC2C3C(O)CC4CCCCC4(C)C3CCC21C. The number of hydrogen-bond donors (Lipinski definition) is 5. The fourth-order valence-corrected chi connectivity index (χ4v) is 10.2. The van der Waals surface area contributed by atoms with E-state index in [1.807, 2.05) is 0 Å². The van der Waals surface area contributed by atoms with Crippen molar-refractivity contribution in [2.75, 3.05) is 6.54 Å². The fraction of sp³-hybridized carbons (Fsp3) is 0.735. The first-order chi connectivity index (χ1) is 20.1. The topological polar surface area (TPSA) is 128 Å². The van der Waals surface area contributed by atoms with E-state index < -0.39 is 5.91 Å². The molecule has 0 heterocycles. The molecule has 1 aromatic carbocycles. The highest BCUT2D eigenvalue weighted by atomic mass is 16.5. The molecule has 0 saturated heterocycles. The molecule has 0 aromatic heterocycles. The number of aliphatic hydroxyl groups excluding tert-OH is 1. The van der Waals surface area contributed by atoms with Crippen molar-refractivity contribution < 1.29 is 24.7 Å². The summed E-state index contributed by atoms with van der Waals surface area (Å²) in [5.74, 6) is 2.39. The zero-order valence-electron chi connectivity index (χ0n) is 25.7. The van der Waals surface area contributed by atoms with Gasteiger partial charge in [-0.25, -0.2) is 5.48 Å². The highest BCUT2D eigenvalue weighted by molar-refractivity contribution is 5.93. The monoisotopic (exact) mass is 581 g/mol. The second-order valence-corrected chi connectivity index (χ2v) is 14.5. The zero-order chi connectivity index (χ0) is 30.1. The van der Waals surface area contributed by atoms with E-state index in [0.29, 0.717) is 52.9 Å². The molecule has 0 bridgehead atoms. The fourth-order valence-electron chi connectivity index (χ4n) is 10.2. The molecule has 8 nitrogen and oxygen atoms in total. The predicted molar refractivity (Wildman–Crippen MR) is 160 cm³/mol. The van der Waals surface area contributed by atoms with Gasteiger partial charge in [0.1, 0.15) is 0 Å². The second-order valence-electron chi connectivity index (χ2n) is 14.5. The average Bonchev–Trinajstić information content (AvgIpc) is 3.35. The van der Waals surface area contributed by atoms with Crippen LogP contribution < -0.4 is 16.1 Å². The maximum atomic E-state index is 12.7. The number of hydroxylamine groups is 1. The van der Waals surface area contributed by atoms with Crippen molar-refractivity contribution in [3.8, 4) is 0 Å². The van der Waals surface area contributed by atoms with E-state index in [4.69, 9.17) is 5.21 Å². The predicted octanol–water partition coefficient (Wildman–Crippen LogP) is 4.97. The molecule has 5 rings (SSSR count). The first-order valence-electron chi connectivity index (χ1n) is 16.3. The van der Waals surface area contributed by atoms with E-state index in [1.54, 1.807) is 29.7 Å². The lowest BCUT2D eigenvalue weighted by atomic mass is 9.44. The van der Waals surface area contributed by atoms with Gasteiger partial charge in [-0.15, -0.1) is 0 Å². The van der Waals surface area contributed by atoms with E-state index in [-0.39, 0.29) is 36.4 Å². The summed E-state index contributed by atoms with van der Waals surface area (Å²) in [5.41, 5.74) is 3.35. The minimum Gasteiger partial charge on any atom is -0.393 e. The van der Waals surface area contributed by atoms with Gasteiger partial charge in [0.15, 0.2) is 0 Å². The Kier molecular flexibility index (Phi) is 9.33. The van der Waals surface area contributed by atoms with E-state index >= 15 is 0 Å². The highest BCUT2D eigenvalue weighted by Crippen LogP contribution is 2.68. The van der Waals surface area contributed by atoms with Crippen molar-refractivity contribution in [3.63, 3.8) is 0 Å². The number of carbonyl (C=O) groups excluding carboxylic acids is 3. The molecular weight excluding hydrogens is 530 g/mol. The first-order valence-corrected chi connectivity index (χ1v) is 16.3. The van der Waals surface area contributed by atoms with Crippen LogP contribution in [-0.2, 0) is 16.1 Å². The lowest BCUT2D eigenvalue weighted by Gasteiger charge is -2.62. The van der Waals surface area contributed by atoms with Crippen LogP contribution >= 0.6 is 0 Å². The number of nitrogens with one attached hydrogen (secondary N) is 3. The standard InChI is InChI=1S/C34H51N3O5/c1-21(7-14-29(39)36-20-30(40)35-19-22-8-10-23(11-9-22)32(41)37-42)25-12-13-26-31-27(15-17-34(25,26)3)33(2)16-5-4-6-24(33)18-28(31)38/h8-11,21,24-28,31,38,42H,4-7,12-20H2,1-3H3,(H,35,40)(H,36,39)(H,37,41)/t21-,24?,25?,26?,27?,28?,31?,33?,34?/m1/s1. The number of benzene rings is 1. The summed E-state index contributed by atoms with van der Waals surface area (Å²) in [6.45, 7) is 7.56. The molecule has 1 aromatic rings. The van der Waals surface area contributed by atoms with Crippen LogP contribution in [0.1, 0.15) is 107 Å². The van der Waals surface area contributed by atoms with Crippen LogP contribution in [0.25, 0.3) is 0 Å². The quantitative estimate of drug-likeness (QED) is 0.208. The normalized spacial score (nSPS) is 36.1. The van der Waals surface area contributed by atoms with Gasteiger partial charge in [-0.1, -0.05) is 45.7 Å². The Balaban J connectivity index is 1.08. The number of aliphatic hydroxyl groups is 1. The maximum Gasteiger partial charge on any atom is 0.274 e. The van der Waals surface area contributed by atoms with Gasteiger partial charge in [0.2, 0.25) is 11.8 Å². The summed E-state index contributed by atoms with van der Waals surface area (Å²) in [6, 6.07) is 6.54. The van der Waals surface area contributed by atoms with E-state index in [9.17, 15) is 19.5 Å². The first kappa shape index (κ1) is 31.0. The molecule has 5 N–H and O–H groups in total. The lowest BCUT2D eigenvalue weighted by molar-refractivity contribution is -0.164. The van der Waals surface area contributed by atoms with Crippen LogP contribution in [0.2, 0.25) is 0 Å².